The molecule has 2 aromatic rings. The maximum absolute atomic E-state index is 14.9. The molecule has 6 N–H and O–H groups in total. The van der Waals surface area contributed by atoms with Crippen LogP contribution < -0.4 is 31.9 Å². The fourth-order valence-corrected chi connectivity index (χ4v) is 16.3. The molecular weight excluding hydrogens is 1190 g/mol. The Balaban J connectivity index is 1.11. The van der Waals surface area contributed by atoms with Gasteiger partial charge in [-0.2, -0.15) is 13.2 Å². The van der Waals surface area contributed by atoms with Crippen molar-refractivity contribution in [3.63, 3.8) is 0 Å². The van der Waals surface area contributed by atoms with E-state index in [0.717, 1.165) is 95.0 Å². The quantitative estimate of drug-likeness (QED) is 0.121. The van der Waals surface area contributed by atoms with E-state index >= 15 is 0 Å². The number of likely N-dealkylation sites (N-methyl/N-ethyl adjacent to an activating group) is 1. The van der Waals surface area contributed by atoms with E-state index in [0.29, 0.717) is 75.9 Å². The van der Waals surface area contributed by atoms with Gasteiger partial charge >= 0.3 is 6.18 Å². The Labute approximate surface area is 564 Å². The maximum atomic E-state index is 14.9. The van der Waals surface area contributed by atoms with Gasteiger partial charge < -0.3 is 56.2 Å². The number of hydrogen-bond donors (Lipinski definition) is 6. The number of amides is 1. The molecule has 2 aliphatic carbocycles. The lowest BCUT2D eigenvalue weighted by molar-refractivity contribution is -0.165. The minimum absolute atomic E-state index is 0.0547. The highest BCUT2D eigenvalue weighted by molar-refractivity contribution is 6.31. The Kier molecular flexibility index (Phi) is 28.5. The normalized spacial score (nSPS) is 29.1. The maximum Gasteiger partial charge on any atom is 0.417 e. The van der Waals surface area contributed by atoms with Gasteiger partial charge in [0.25, 0.3) is 0 Å². The third-order valence-electron chi connectivity index (χ3n) is 21.8. The van der Waals surface area contributed by atoms with Crippen molar-refractivity contribution in [1.29, 1.82) is 0 Å². The first-order chi connectivity index (χ1) is 44.6. The Morgan fingerprint density at radius 1 is 0.849 bits per heavy atom. The third-order valence-corrected chi connectivity index (χ3v) is 22.1. The lowest BCUT2D eigenvalue weighted by Crippen LogP contribution is -2.76. The van der Waals surface area contributed by atoms with Gasteiger partial charge in [-0.25, -0.2) is 0 Å². The van der Waals surface area contributed by atoms with Gasteiger partial charge in [0.05, 0.1) is 36.3 Å². The lowest BCUT2D eigenvalue weighted by atomic mass is 9.74. The molecule has 11 atom stereocenters. The molecule has 3 saturated heterocycles. The predicted octanol–water partition coefficient (Wildman–Crippen LogP) is 12.7. The number of benzene rings is 2. The highest BCUT2D eigenvalue weighted by atomic mass is 35.5. The molecule has 2 saturated carbocycles. The smallest absolute Gasteiger partial charge is 0.378 e. The van der Waals surface area contributed by atoms with Crippen LogP contribution in [0, 0.1) is 30.6 Å². The number of hydrogen-bond acceptors (Lipinski definition) is 13. The molecule has 2 aromatic carbocycles. The monoisotopic (exact) mass is 1310 g/mol. The number of aliphatic imine (C=N–C) groups is 1. The molecule has 1 amide bonds. The Bertz CT molecular complexity index is 2770. The largest absolute Gasteiger partial charge is 0.417 e. The number of ether oxygens (including phenoxy) is 1. The molecule has 4 aliphatic heterocycles. The Morgan fingerprint density at radius 3 is 2.25 bits per heavy atom. The van der Waals surface area contributed by atoms with E-state index in [2.05, 4.69) is 176 Å². The van der Waals surface area contributed by atoms with Gasteiger partial charge in [-0.05, 0) is 153 Å². The average molecular weight is 1310 g/mol. The van der Waals surface area contributed by atoms with Gasteiger partial charge in [0.1, 0.15) is 0 Å². The van der Waals surface area contributed by atoms with Gasteiger partial charge in [0.2, 0.25) is 5.91 Å². The second-order valence-electron chi connectivity index (χ2n) is 29.1. The summed E-state index contributed by atoms with van der Waals surface area (Å²) in [5.41, 5.74) is 5.69. The average Bonchev–Trinajstić information content (AvgIpc) is 1.74. The number of rotatable bonds is 12. The van der Waals surface area contributed by atoms with Crippen molar-refractivity contribution in [1.82, 2.24) is 56.4 Å². The summed E-state index contributed by atoms with van der Waals surface area (Å²) in [5.74, 6) is 1.70. The van der Waals surface area contributed by atoms with Crippen LogP contribution in [-0.4, -0.2) is 176 Å². The number of alkyl halides is 3. The number of allylic oxidation sites excluding steroid dienone is 4. The molecule has 4 heterocycles. The predicted molar refractivity (Wildman–Crippen MR) is 378 cm³/mol. The molecular formula is C75H120ClF3N12O2. The van der Waals surface area contributed by atoms with Crippen LogP contribution in [0.2, 0.25) is 5.02 Å². The molecule has 5 fully saturated rings. The van der Waals surface area contributed by atoms with E-state index in [4.69, 9.17) is 21.3 Å². The second kappa shape index (κ2) is 35.7. The van der Waals surface area contributed by atoms with Crippen LogP contribution in [-0.2, 0) is 28.5 Å². The van der Waals surface area contributed by atoms with Crippen LogP contribution in [0.3, 0.4) is 0 Å². The van der Waals surface area contributed by atoms with Crippen LogP contribution in [0.1, 0.15) is 175 Å². The zero-order chi connectivity index (χ0) is 66.8. The van der Waals surface area contributed by atoms with E-state index < -0.39 is 11.7 Å². The van der Waals surface area contributed by atoms with Gasteiger partial charge in [-0.3, -0.25) is 14.7 Å². The molecule has 5 unspecified atom stereocenters. The number of nitrogens with zero attached hydrogens (tertiary/aromatic N) is 6. The Morgan fingerprint density at radius 2 is 1.57 bits per heavy atom. The van der Waals surface area contributed by atoms with E-state index in [-0.39, 0.29) is 70.9 Å². The molecule has 93 heavy (non-hydrogen) atoms. The summed E-state index contributed by atoms with van der Waals surface area (Å²) in [6.07, 6.45) is 23.4. The van der Waals surface area contributed by atoms with Crippen LogP contribution >= 0.6 is 11.6 Å². The standard InChI is InChI=1S/C75H120ClF3N12O2/c1-13-54(6)69-47-84-68(44-52(3)4)56(8)83-48-70-71(73(92)89-40-42-93-43-41-89)59(11)91(70)72(62-20-15-16-21-62)57(9)86-74(32-17-18-33-74)51-81-36-35-80-34-31-63(29-27-61-28-30-66(67(76)46-61)75(77,78)79)82-37-39-87(12)49-65(45-60-25-23-53(5)24-26-60)88(14-2)50-64-22-19-38-90(64)58(10)55(7)85-69/h23-26,28,30-31,34,37,39,46,49-50,52,54-59,62,68-72,81-86H,13-22,27,29,32-33,35-36,38,40-45,47-48,51H2,1-12H3/t54-,55?,56?,57?,58-,59?,68-,69+,70?,71-,72+/m0/s1. The van der Waals surface area contributed by atoms with E-state index in [1.165, 1.54) is 73.2 Å². The minimum Gasteiger partial charge on any atom is -0.378 e. The molecule has 0 aromatic heterocycles. The van der Waals surface area contributed by atoms with Crippen molar-refractivity contribution >= 4 is 23.7 Å². The summed E-state index contributed by atoms with van der Waals surface area (Å²) in [7, 11) is 2.06. The van der Waals surface area contributed by atoms with Crippen molar-refractivity contribution in [2.24, 2.45) is 28.7 Å². The van der Waals surface area contributed by atoms with Crippen molar-refractivity contribution in [3.8, 4) is 0 Å². The Hall–Kier alpha value is -4.46. The fraction of sp³-hybridized carbons (Fsp3) is 0.707. The zero-order valence-corrected chi connectivity index (χ0v) is 59.7. The molecule has 0 radical (unpaired) electrons. The zero-order valence-electron chi connectivity index (χ0n) is 58.9. The van der Waals surface area contributed by atoms with E-state index in [1.54, 1.807) is 0 Å². The third kappa shape index (κ3) is 20.8. The van der Waals surface area contributed by atoms with Gasteiger partial charge in [-0.1, -0.05) is 107 Å². The molecule has 8 rings (SSSR count). The first-order valence-electron chi connectivity index (χ1n) is 36.1. The number of nitrogens with one attached hydrogen (secondary N) is 6. The topological polar surface area (TPSA) is 127 Å². The molecule has 0 bridgehead atoms. The number of carbonyl (C=O) groups is 1. The summed E-state index contributed by atoms with van der Waals surface area (Å²) in [4.78, 5) is 31.9. The summed E-state index contributed by atoms with van der Waals surface area (Å²) in [6, 6.07) is 14.7. The molecule has 1 spiro atoms. The minimum atomic E-state index is -4.53. The van der Waals surface area contributed by atoms with Crippen LogP contribution in [0.5, 0.6) is 0 Å². The molecule has 520 valence electrons. The highest BCUT2D eigenvalue weighted by Crippen LogP contribution is 2.44. The number of carbonyl (C=O) groups excluding carboxylic acids is 1. The second-order valence-corrected chi connectivity index (χ2v) is 29.5. The van der Waals surface area contributed by atoms with Gasteiger partial charge in [0.15, 0.2) is 0 Å². The number of halogens is 4. The first-order valence-corrected chi connectivity index (χ1v) is 36.5. The molecule has 18 heteroatoms. The van der Waals surface area contributed by atoms with E-state index in [1.807, 2.05) is 24.7 Å². The first kappa shape index (κ1) is 74.3. The van der Waals surface area contributed by atoms with Crippen molar-refractivity contribution in [2.45, 2.75) is 239 Å². The number of fused-ring (bicyclic) bond motifs is 2. The van der Waals surface area contributed by atoms with Crippen molar-refractivity contribution < 1.29 is 22.7 Å². The summed E-state index contributed by atoms with van der Waals surface area (Å²) in [6.45, 7) is 33.8. The summed E-state index contributed by atoms with van der Waals surface area (Å²) >= 11 is 6.22. The summed E-state index contributed by atoms with van der Waals surface area (Å²) < 4.78 is 47.0. The van der Waals surface area contributed by atoms with Crippen molar-refractivity contribution in [3.05, 3.63) is 118 Å². The van der Waals surface area contributed by atoms with Crippen molar-refractivity contribution in [2.75, 3.05) is 79.2 Å². The van der Waals surface area contributed by atoms with E-state index in [9.17, 15) is 18.0 Å². The lowest BCUT2D eigenvalue weighted by Gasteiger charge is -2.60. The molecule has 14 nitrogen and oxygen atoms in total. The van der Waals surface area contributed by atoms with Gasteiger partial charge in [0, 0.05) is 174 Å². The fourth-order valence-electron chi connectivity index (χ4n) is 16.0. The number of morpholine rings is 1. The summed E-state index contributed by atoms with van der Waals surface area (Å²) in [5, 5.41) is 24.0. The SMILES string of the molecule is CC[C@H](C)[C@H]1CN[C@@H](CC(C)C)C(C)NCC2[C@@H](C(=O)N3CCOCC3)C(C)N2[C@@H](C2CCCC2)C(C)NC2(CCCC2)CNCCN=CC=C(CCc2ccc(C(F)(F)F)c(Cl)c2)NC=CN(C)C=C(Cc2ccc(C)cc2)N(CC)C=C2CCCN2[C@@H](C)C(C)N1. The van der Waals surface area contributed by atoms with Crippen LogP contribution in [0.4, 0.5) is 13.2 Å². The van der Waals surface area contributed by atoms with Crippen LogP contribution in [0.25, 0.3) is 0 Å². The van der Waals surface area contributed by atoms with Gasteiger partial charge in [-0.15, -0.1) is 0 Å². The molecule has 6 aliphatic rings. The van der Waals surface area contributed by atoms with Crippen LogP contribution in [0.15, 0.2) is 95.4 Å². The highest BCUT2D eigenvalue weighted by Gasteiger charge is 2.56. The number of aryl methyl sites for hydroxylation is 2.